The molecular weight excluding hydrogens is 344 g/mol. The molecule has 4 unspecified atom stereocenters. The Morgan fingerprint density at radius 3 is 2.36 bits per heavy atom. The molecule has 160 valence electrons. The number of rotatable bonds is 5. The van der Waals surface area contributed by atoms with Gasteiger partial charge >= 0.3 is 0 Å². The lowest BCUT2D eigenvalue weighted by molar-refractivity contribution is -0.172. The maximum atomic E-state index is 13.9. The molecule has 2 heteroatoms. The summed E-state index contributed by atoms with van der Waals surface area (Å²) < 4.78 is 0. The van der Waals surface area contributed by atoms with Crippen molar-refractivity contribution in [3.63, 3.8) is 0 Å². The van der Waals surface area contributed by atoms with Gasteiger partial charge in [-0.25, -0.2) is 0 Å². The maximum Gasteiger partial charge on any atom is 0.139 e. The predicted octanol–water partition coefficient (Wildman–Crippen LogP) is 6.40. The van der Waals surface area contributed by atoms with Crippen LogP contribution in [0.3, 0.4) is 0 Å². The van der Waals surface area contributed by atoms with E-state index in [2.05, 4.69) is 27.7 Å². The Bertz CT molecular complexity index is 585. The standard InChI is InChI=1S/C26H44O2/c1-5-7-8-9-17-10-11-20-23-21(13-15-25(17,20)3)26(4)14-12-18(27)16-22(26)19(6-2)24(23)28/h17-23,27H,5-16H2,1-4H3/t17-,18+,19+,20?,21?,22?,23?,25+,26+/m0/s1. The molecule has 0 aromatic heterocycles. The smallest absolute Gasteiger partial charge is 0.139 e. The minimum atomic E-state index is -0.181. The Morgan fingerprint density at radius 2 is 1.64 bits per heavy atom. The van der Waals surface area contributed by atoms with Crippen molar-refractivity contribution in [2.45, 2.75) is 111 Å². The first-order valence-corrected chi connectivity index (χ1v) is 12.6. The van der Waals surface area contributed by atoms with Gasteiger partial charge in [-0.2, -0.15) is 0 Å². The molecule has 2 nitrogen and oxygen atoms in total. The fourth-order valence-corrected chi connectivity index (χ4v) is 8.86. The van der Waals surface area contributed by atoms with Gasteiger partial charge in [-0.15, -0.1) is 0 Å². The van der Waals surface area contributed by atoms with E-state index in [1.807, 2.05) is 0 Å². The van der Waals surface area contributed by atoms with Crippen LogP contribution in [0.25, 0.3) is 0 Å². The predicted molar refractivity (Wildman–Crippen MR) is 115 cm³/mol. The highest BCUT2D eigenvalue weighted by molar-refractivity contribution is 5.86. The third-order valence-electron chi connectivity index (χ3n) is 10.5. The van der Waals surface area contributed by atoms with E-state index < -0.39 is 0 Å². The van der Waals surface area contributed by atoms with E-state index in [0.29, 0.717) is 34.9 Å². The molecule has 0 heterocycles. The number of fused-ring (bicyclic) bond motifs is 5. The molecule has 9 atom stereocenters. The molecule has 0 amide bonds. The van der Waals surface area contributed by atoms with Crippen LogP contribution in [-0.2, 0) is 4.79 Å². The highest BCUT2D eigenvalue weighted by atomic mass is 16.3. The molecule has 1 N–H and O–H groups in total. The molecule has 0 aliphatic heterocycles. The van der Waals surface area contributed by atoms with Crippen LogP contribution in [0.2, 0.25) is 0 Å². The first kappa shape index (κ1) is 20.9. The van der Waals surface area contributed by atoms with Gasteiger partial charge in [0.15, 0.2) is 0 Å². The molecule has 0 radical (unpaired) electrons. The number of aliphatic hydroxyl groups is 1. The number of Topliss-reactive ketones (excluding diaryl/α,β-unsaturated/α-hetero) is 1. The Balaban J connectivity index is 1.62. The van der Waals surface area contributed by atoms with Crippen LogP contribution in [0, 0.1) is 46.3 Å². The van der Waals surface area contributed by atoms with E-state index in [-0.39, 0.29) is 17.4 Å². The second-order valence-electron chi connectivity index (χ2n) is 11.5. The third kappa shape index (κ3) is 3.03. The van der Waals surface area contributed by atoms with Gasteiger partial charge < -0.3 is 5.11 Å². The minimum absolute atomic E-state index is 0.181. The zero-order valence-corrected chi connectivity index (χ0v) is 18.9. The van der Waals surface area contributed by atoms with E-state index in [1.165, 1.54) is 51.4 Å². The summed E-state index contributed by atoms with van der Waals surface area (Å²) in [6.45, 7) is 9.58. The van der Waals surface area contributed by atoms with Gasteiger partial charge in [0.2, 0.25) is 0 Å². The van der Waals surface area contributed by atoms with Crippen molar-refractivity contribution >= 4 is 5.78 Å². The van der Waals surface area contributed by atoms with Crippen LogP contribution >= 0.6 is 0 Å². The van der Waals surface area contributed by atoms with Crippen LogP contribution < -0.4 is 0 Å². The average Bonchev–Trinajstić information content (AvgIpc) is 3.00. The van der Waals surface area contributed by atoms with Crippen molar-refractivity contribution in [3.8, 4) is 0 Å². The van der Waals surface area contributed by atoms with Gasteiger partial charge in [0, 0.05) is 11.8 Å². The molecule has 4 aliphatic rings. The zero-order chi connectivity index (χ0) is 20.1. The Kier molecular flexibility index (Phi) is 5.75. The van der Waals surface area contributed by atoms with Crippen molar-refractivity contribution < 1.29 is 9.90 Å². The van der Waals surface area contributed by atoms with Crippen LogP contribution in [0.1, 0.15) is 105 Å². The van der Waals surface area contributed by atoms with Gasteiger partial charge in [-0.3, -0.25) is 4.79 Å². The number of ketones is 1. The average molecular weight is 389 g/mol. The fourth-order valence-electron chi connectivity index (χ4n) is 8.86. The van der Waals surface area contributed by atoms with Gasteiger partial charge in [-0.1, -0.05) is 47.0 Å². The number of hydrogen-bond acceptors (Lipinski definition) is 2. The molecule has 0 aromatic carbocycles. The molecular formula is C26H44O2. The Hall–Kier alpha value is -0.370. The van der Waals surface area contributed by atoms with Crippen LogP contribution in [0.4, 0.5) is 0 Å². The maximum absolute atomic E-state index is 13.9. The summed E-state index contributed by atoms with van der Waals surface area (Å²) in [7, 11) is 0. The van der Waals surface area contributed by atoms with Crippen LogP contribution in [-0.4, -0.2) is 17.0 Å². The zero-order valence-electron chi connectivity index (χ0n) is 18.9. The molecule has 0 aromatic rings. The molecule has 4 rings (SSSR count). The Morgan fingerprint density at radius 1 is 0.929 bits per heavy atom. The van der Waals surface area contributed by atoms with Gasteiger partial charge in [-0.05, 0) is 92.3 Å². The lowest BCUT2D eigenvalue weighted by Gasteiger charge is -2.62. The number of aliphatic hydroxyl groups excluding tert-OH is 1. The topological polar surface area (TPSA) is 37.3 Å². The first-order valence-electron chi connectivity index (χ1n) is 12.6. The van der Waals surface area contributed by atoms with Gasteiger partial charge in [0.25, 0.3) is 0 Å². The lowest BCUT2D eigenvalue weighted by atomic mass is 9.42. The molecule has 0 bridgehead atoms. The molecule has 0 spiro atoms. The summed E-state index contributed by atoms with van der Waals surface area (Å²) in [6, 6.07) is 0. The number of hydrogen-bond donors (Lipinski definition) is 1. The second kappa shape index (κ2) is 7.71. The van der Waals surface area contributed by atoms with Crippen molar-refractivity contribution in [3.05, 3.63) is 0 Å². The highest BCUT2D eigenvalue weighted by Gasteiger charge is 2.64. The normalized spacial score (nSPS) is 50.8. The summed E-state index contributed by atoms with van der Waals surface area (Å²) in [6.07, 6.45) is 14.4. The number of unbranched alkanes of at least 4 members (excludes halogenated alkanes) is 2. The molecule has 4 saturated carbocycles. The summed E-state index contributed by atoms with van der Waals surface area (Å²) in [5, 5.41) is 10.4. The fraction of sp³-hybridized carbons (Fsp3) is 0.962. The van der Waals surface area contributed by atoms with Crippen molar-refractivity contribution in [1.29, 1.82) is 0 Å². The molecule has 4 aliphatic carbocycles. The van der Waals surface area contributed by atoms with E-state index >= 15 is 0 Å². The minimum Gasteiger partial charge on any atom is -0.393 e. The van der Waals surface area contributed by atoms with Gasteiger partial charge in [0.05, 0.1) is 6.10 Å². The van der Waals surface area contributed by atoms with Crippen molar-refractivity contribution in [2.75, 3.05) is 0 Å². The second-order valence-corrected chi connectivity index (χ2v) is 11.5. The Labute approximate surface area is 173 Å². The lowest BCUT2D eigenvalue weighted by Crippen LogP contribution is -2.60. The third-order valence-corrected chi connectivity index (χ3v) is 10.5. The van der Waals surface area contributed by atoms with Crippen molar-refractivity contribution in [2.24, 2.45) is 46.3 Å². The highest BCUT2D eigenvalue weighted by Crippen LogP contribution is 2.68. The summed E-state index contributed by atoms with van der Waals surface area (Å²) in [4.78, 5) is 13.9. The SMILES string of the molecule is CCCCC[C@H]1CCC2C3C(=O)[C@H](CC)C4C[C@H](O)CC[C@]4(C)C3CC[C@@]21C. The van der Waals surface area contributed by atoms with Crippen molar-refractivity contribution in [1.82, 2.24) is 0 Å². The summed E-state index contributed by atoms with van der Waals surface area (Å²) in [5.41, 5.74) is 0.681. The molecule has 28 heavy (non-hydrogen) atoms. The first-order chi connectivity index (χ1) is 13.4. The van der Waals surface area contributed by atoms with E-state index in [4.69, 9.17) is 0 Å². The van der Waals surface area contributed by atoms with E-state index in [0.717, 1.165) is 31.6 Å². The number of carbonyl (C=O) groups excluding carboxylic acids is 1. The van der Waals surface area contributed by atoms with E-state index in [1.54, 1.807) is 0 Å². The molecule has 0 saturated heterocycles. The van der Waals surface area contributed by atoms with Crippen LogP contribution in [0.15, 0.2) is 0 Å². The number of carbonyl (C=O) groups is 1. The van der Waals surface area contributed by atoms with E-state index in [9.17, 15) is 9.90 Å². The summed E-state index contributed by atoms with van der Waals surface area (Å²) >= 11 is 0. The van der Waals surface area contributed by atoms with Crippen LogP contribution in [0.5, 0.6) is 0 Å². The quantitative estimate of drug-likeness (QED) is 0.553. The largest absolute Gasteiger partial charge is 0.393 e. The summed E-state index contributed by atoms with van der Waals surface area (Å²) in [5.74, 6) is 3.59. The van der Waals surface area contributed by atoms with Gasteiger partial charge in [0.1, 0.15) is 5.78 Å². The molecule has 4 fully saturated rings. The monoisotopic (exact) mass is 388 g/mol.